The van der Waals surface area contributed by atoms with E-state index in [4.69, 9.17) is 10.3 Å². The molecule has 5 rings (SSSR count). The average molecular weight is 374 g/mol. The molecule has 1 saturated carbocycles. The molecule has 1 aromatic carbocycles. The Morgan fingerprint density at radius 1 is 1.07 bits per heavy atom. The first-order chi connectivity index (χ1) is 13.6. The molecule has 1 aliphatic heterocycles. The molecule has 3 N–H and O–H groups in total. The molecule has 8 nitrogen and oxygen atoms in total. The first kappa shape index (κ1) is 16.6. The predicted molar refractivity (Wildman–Crippen MR) is 102 cm³/mol. The van der Waals surface area contributed by atoms with Crippen molar-refractivity contribution in [2.45, 2.75) is 31.1 Å². The van der Waals surface area contributed by atoms with E-state index in [0.29, 0.717) is 23.8 Å². The van der Waals surface area contributed by atoms with E-state index < -0.39 is 0 Å². The number of nitrogens with two attached hydrogens (primary N) is 1. The van der Waals surface area contributed by atoms with E-state index in [0.717, 1.165) is 36.0 Å². The van der Waals surface area contributed by atoms with Crippen LogP contribution in [0.3, 0.4) is 0 Å². The molecule has 28 heavy (non-hydrogen) atoms. The molecule has 1 aliphatic carbocycles. The van der Waals surface area contributed by atoms with Crippen LogP contribution >= 0.6 is 0 Å². The predicted octanol–water partition coefficient (Wildman–Crippen LogP) is 2.44. The fourth-order valence-electron chi connectivity index (χ4n) is 3.76. The zero-order chi connectivity index (χ0) is 19.1. The molecule has 2 aromatic heterocycles. The molecule has 0 unspecified atom stereocenters. The maximum absolute atomic E-state index is 11.4. The average Bonchev–Trinajstić information content (AvgIpc) is 3.32. The second-order valence-electron chi connectivity index (χ2n) is 7.14. The number of nitrogens with one attached hydrogen (secondary N) is 1. The molecule has 140 valence electrons. The summed E-state index contributed by atoms with van der Waals surface area (Å²) < 4.78 is 5.43. The van der Waals surface area contributed by atoms with Crippen LogP contribution in [0.5, 0.6) is 0 Å². The number of aromatic nitrogens is 4. The van der Waals surface area contributed by atoms with Gasteiger partial charge in [0.15, 0.2) is 5.82 Å². The van der Waals surface area contributed by atoms with Crippen LogP contribution in [-0.4, -0.2) is 26.0 Å². The molecule has 1 fully saturated rings. The largest absolute Gasteiger partial charge is 0.368 e. The van der Waals surface area contributed by atoms with Crippen LogP contribution in [0.25, 0.3) is 16.8 Å². The molecule has 0 atom stereocenters. The van der Waals surface area contributed by atoms with E-state index in [1.54, 1.807) is 18.5 Å². The summed E-state index contributed by atoms with van der Waals surface area (Å²) in [7, 11) is 0. The van der Waals surface area contributed by atoms with Crippen molar-refractivity contribution in [3.05, 3.63) is 60.0 Å². The van der Waals surface area contributed by atoms with Crippen molar-refractivity contribution in [1.29, 1.82) is 0 Å². The minimum atomic E-state index is -0.249. The number of hydrogen-bond donors (Lipinski definition) is 2. The number of benzene rings is 1. The Hall–Kier alpha value is -3.55. The van der Waals surface area contributed by atoms with Gasteiger partial charge >= 0.3 is 0 Å². The topological polar surface area (TPSA) is 120 Å². The van der Waals surface area contributed by atoms with Gasteiger partial charge in [-0.1, -0.05) is 35.8 Å². The fraction of sp³-hybridized carbons (Fsp3) is 0.250. The van der Waals surface area contributed by atoms with Crippen LogP contribution in [-0.2, 0) is 10.2 Å². The first-order valence-corrected chi connectivity index (χ1v) is 9.17. The van der Waals surface area contributed by atoms with E-state index in [2.05, 4.69) is 37.6 Å². The van der Waals surface area contributed by atoms with Crippen molar-refractivity contribution in [2.75, 3.05) is 5.73 Å². The molecule has 2 aliphatic rings. The van der Waals surface area contributed by atoms with Gasteiger partial charge in [0.25, 0.3) is 5.89 Å². The highest BCUT2D eigenvalue weighted by atomic mass is 16.5. The van der Waals surface area contributed by atoms with E-state index in [9.17, 15) is 4.79 Å². The number of carbonyl (C=O) groups is 1. The van der Waals surface area contributed by atoms with Gasteiger partial charge in [-0.15, -0.1) is 0 Å². The molecule has 8 heteroatoms. The lowest BCUT2D eigenvalue weighted by Gasteiger charge is -2.39. The fourth-order valence-corrected chi connectivity index (χ4v) is 3.76. The summed E-state index contributed by atoms with van der Waals surface area (Å²) in [5.41, 5.74) is 8.98. The molecule has 0 bridgehead atoms. The summed E-state index contributed by atoms with van der Waals surface area (Å²) >= 11 is 0. The summed E-state index contributed by atoms with van der Waals surface area (Å²) in [6.07, 6.45) is 8.57. The second-order valence-corrected chi connectivity index (χ2v) is 7.14. The Labute approximate surface area is 160 Å². The van der Waals surface area contributed by atoms with Crippen molar-refractivity contribution in [3.8, 4) is 11.1 Å². The monoisotopic (exact) mass is 374 g/mol. The van der Waals surface area contributed by atoms with Gasteiger partial charge in [0.2, 0.25) is 11.9 Å². The van der Waals surface area contributed by atoms with Gasteiger partial charge in [0.05, 0.1) is 5.41 Å². The first-order valence-electron chi connectivity index (χ1n) is 9.17. The maximum atomic E-state index is 11.4. The maximum Gasteiger partial charge on any atom is 0.274 e. The number of rotatable bonds is 4. The zero-order valence-electron chi connectivity index (χ0n) is 15.1. The summed E-state index contributed by atoms with van der Waals surface area (Å²) in [5, 5.41) is 6.98. The van der Waals surface area contributed by atoms with Crippen molar-refractivity contribution >= 4 is 17.6 Å². The van der Waals surface area contributed by atoms with Crippen LogP contribution < -0.4 is 11.1 Å². The van der Waals surface area contributed by atoms with Crippen molar-refractivity contribution < 1.29 is 9.32 Å². The highest BCUT2D eigenvalue weighted by molar-refractivity contribution is 5.92. The summed E-state index contributed by atoms with van der Waals surface area (Å²) in [6.45, 7) is 0. The van der Waals surface area contributed by atoms with Gasteiger partial charge in [-0.3, -0.25) is 4.79 Å². The lowest BCUT2D eigenvalue weighted by atomic mass is 9.64. The Morgan fingerprint density at radius 3 is 2.43 bits per heavy atom. The van der Waals surface area contributed by atoms with E-state index in [1.165, 1.54) is 0 Å². The number of nitrogen functional groups attached to an aromatic ring is 1. The Kier molecular flexibility index (Phi) is 3.71. The van der Waals surface area contributed by atoms with Crippen molar-refractivity contribution in [3.63, 3.8) is 0 Å². The Bertz CT molecular complexity index is 1060. The van der Waals surface area contributed by atoms with Gasteiger partial charge in [0.1, 0.15) is 5.70 Å². The van der Waals surface area contributed by atoms with Gasteiger partial charge in [-0.25, -0.2) is 9.97 Å². The standard InChI is InChI=1S/C20H18N6O2/c21-19-22-10-13(11-23-19)12-2-4-14(5-3-12)20(8-1-9-20)18-25-17(28-26-18)15-6-7-16(27)24-15/h2-6,10-11H,1,7-9H2,(H,24,27)(H2,21,22,23). The number of anilines is 1. The molecule has 0 radical (unpaired) electrons. The van der Waals surface area contributed by atoms with E-state index in [1.807, 2.05) is 12.1 Å². The lowest BCUT2D eigenvalue weighted by molar-refractivity contribution is -0.118. The van der Waals surface area contributed by atoms with Crippen LogP contribution in [0.15, 0.2) is 47.3 Å². The number of hydrogen-bond acceptors (Lipinski definition) is 7. The molecular formula is C20H18N6O2. The lowest BCUT2D eigenvalue weighted by Crippen LogP contribution is -2.36. The highest BCUT2D eigenvalue weighted by Crippen LogP contribution is 2.48. The number of nitrogens with zero attached hydrogens (tertiary/aromatic N) is 4. The van der Waals surface area contributed by atoms with Crippen LogP contribution in [0.4, 0.5) is 5.95 Å². The third kappa shape index (κ3) is 2.65. The highest BCUT2D eigenvalue weighted by Gasteiger charge is 2.44. The molecular weight excluding hydrogens is 356 g/mol. The summed E-state index contributed by atoms with van der Waals surface area (Å²) in [6, 6.07) is 8.28. The van der Waals surface area contributed by atoms with Crippen molar-refractivity contribution in [1.82, 2.24) is 25.4 Å². The Balaban J connectivity index is 1.45. The summed E-state index contributed by atoms with van der Waals surface area (Å²) in [5.74, 6) is 1.23. The van der Waals surface area contributed by atoms with Gasteiger partial charge in [0, 0.05) is 24.4 Å². The van der Waals surface area contributed by atoms with Crippen LogP contribution in [0.1, 0.15) is 43.0 Å². The molecule has 1 amide bonds. The quantitative estimate of drug-likeness (QED) is 0.719. The molecule has 3 heterocycles. The van der Waals surface area contributed by atoms with Crippen LogP contribution in [0, 0.1) is 0 Å². The Morgan fingerprint density at radius 2 is 1.82 bits per heavy atom. The second kappa shape index (κ2) is 6.26. The minimum Gasteiger partial charge on any atom is -0.368 e. The summed E-state index contributed by atoms with van der Waals surface area (Å²) in [4.78, 5) is 24.1. The van der Waals surface area contributed by atoms with Crippen molar-refractivity contribution in [2.24, 2.45) is 0 Å². The van der Waals surface area contributed by atoms with Crippen LogP contribution in [0.2, 0.25) is 0 Å². The van der Waals surface area contributed by atoms with Gasteiger partial charge in [-0.2, -0.15) is 4.98 Å². The smallest absolute Gasteiger partial charge is 0.274 e. The third-order valence-corrected chi connectivity index (χ3v) is 5.50. The molecule has 3 aromatic rings. The van der Waals surface area contributed by atoms with Gasteiger partial charge in [-0.05, 0) is 30.0 Å². The number of carbonyl (C=O) groups excluding carboxylic acids is 1. The van der Waals surface area contributed by atoms with E-state index >= 15 is 0 Å². The molecule has 0 saturated heterocycles. The minimum absolute atomic E-state index is 0.0599. The molecule has 0 spiro atoms. The SMILES string of the molecule is Nc1ncc(-c2ccc(C3(c4noc(C5=CCC(=O)N5)n4)CCC3)cc2)cn1. The van der Waals surface area contributed by atoms with Gasteiger partial charge < -0.3 is 15.6 Å². The normalized spacial score (nSPS) is 17.7. The zero-order valence-corrected chi connectivity index (χ0v) is 15.1. The third-order valence-electron chi connectivity index (χ3n) is 5.50. The number of amides is 1. The van der Waals surface area contributed by atoms with E-state index in [-0.39, 0.29) is 17.3 Å².